The van der Waals surface area contributed by atoms with Crippen LogP contribution in [0.15, 0.2) is 66.7 Å². The zero-order chi connectivity index (χ0) is 30.1. The molecule has 2 saturated heterocycles. The highest BCUT2D eigenvalue weighted by Gasteiger charge is 2.34. The molecule has 9 heteroatoms. The first kappa shape index (κ1) is 33.7. The second-order valence-corrected chi connectivity index (χ2v) is 11.6. The lowest BCUT2D eigenvalue weighted by Crippen LogP contribution is -2.49. The lowest BCUT2D eigenvalue weighted by Gasteiger charge is -2.37. The van der Waals surface area contributed by atoms with Crippen LogP contribution in [0.4, 0.5) is 5.82 Å². The quantitative estimate of drug-likeness (QED) is 0.264. The topological polar surface area (TPSA) is 122 Å². The molecule has 2 aliphatic rings. The number of methoxy groups -OCH3 is 1. The monoisotopic (exact) mass is 589 g/mol. The van der Waals surface area contributed by atoms with Crippen LogP contribution in [-0.2, 0) is 9.53 Å². The molecule has 2 aromatic carbocycles. The molecule has 3 heterocycles. The van der Waals surface area contributed by atoms with Crippen molar-refractivity contribution in [3.05, 3.63) is 83.6 Å². The molecule has 3 aromatic rings. The second kappa shape index (κ2) is 16.1. The van der Waals surface area contributed by atoms with Crippen molar-refractivity contribution in [2.75, 3.05) is 39.0 Å². The third kappa shape index (κ3) is 9.33. The minimum absolute atomic E-state index is 0. The molecular weight excluding hydrogens is 542 g/mol. The second-order valence-electron chi connectivity index (χ2n) is 11.6. The molecular formula is C34H47N5O4. The summed E-state index contributed by atoms with van der Waals surface area (Å²) in [5, 5.41) is 7.04. The van der Waals surface area contributed by atoms with E-state index in [9.17, 15) is 14.4 Å². The Morgan fingerprint density at radius 2 is 1.37 bits per heavy atom. The van der Waals surface area contributed by atoms with Gasteiger partial charge in [0, 0.05) is 17.2 Å². The molecule has 1 aromatic heterocycles. The number of esters is 1. The first-order chi connectivity index (χ1) is 20.2. The number of piperidine rings is 2. The summed E-state index contributed by atoms with van der Waals surface area (Å²) >= 11 is 0. The molecule has 0 spiro atoms. The Labute approximate surface area is 255 Å². The molecule has 9 nitrogen and oxygen atoms in total. The maximum absolute atomic E-state index is 12.5. The standard InChI is InChI=1S/C17H22N4O.C16H21NO3.CH4/c1-12-7-8-21(11-16(22)13-5-3-2-4-6-13)15(9-12)14-10-17(18)20-19-14;1-12-8-9-17(14(10-12)16(19)20-2)11-15(18)13-6-4-3-5-7-13;/h2-6,10,12,15H,7-9,11H2,1H3,(H3,18,19,20);3-7,12,14H,8-11H2,1-2H3;1H4. The van der Waals surface area contributed by atoms with Gasteiger partial charge in [-0.05, 0) is 50.6 Å². The van der Waals surface area contributed by atoms with Crippen LogP contribution < -0.4 is 5.73 Å². The number of nitrogens with one attached hydrogen (secondary N) is 1. The lowest BCUT2D eigenvalue weighted by molar-refractivity contribution is -0.148. The van der Waals surface area contributed by atoms with Gasteiger partial charge in [0.25, 0.3) is 0 Å². The summed E-state index contributed by atoms with van der Waals surface area (Å²) < 4.78 is 4.86. The van der Waals surface area contributed by atoms with Crippen molar-refractivity contribution >= 4 is 23.4 Å². The Morgan fingerprint density at radius 1 is 0.860 bits per heavy atom. The molecule has 5 rings (SSSR count). The van der Waals surface area contributed by atoms with E-state index in [2.05, 4.69) is 28.9 Å². The lowest BCUT2D eigenvalue weighted by atomic mass is 9.90. The van der Waals surface area contributed by atoms with E-state index in [1.165, 1.54) is 7.11 Å². The zero-order valence-corrected chi connectivity index (χ0v) is 24.9. The average Bonchev–Trinajstić information content (AvgIpc) is 3.45. The Kier molecular flexibility index (Phi) is 12.6. The number of anilines is 1. The minimum Gasteiger partial charge on any atom is -0.468 e. The summed E-state index contributed by atoms with van der Waals surface area (Å²) in [7, 11) is 1.40. The number of carbonyl (C=O) groups is 3. The number of rotatable bonds is 8. The van der Waals surface area contributed by atoms with Crippen molar-refractivity contribution in [1.82, 2.24) is 20.0 Å². The van der Waals surface area contributed by atoms with Crippen molar-refractivity contribution in [3.8, 4) is 0 Å². The molecule has 4 atom stereocenters. The molecule has 0 saturated carbocycles. The van der Waals surface area contributed by atoms with Crippen LogP contribution in [0.25, 0.3) is 0 Å². The number of Topliss-reactive ketones (excluding diaryl/α,β-unsaturated/α-hetero) is 2. The number of aromatic nitrogens is 2. The van der Waals surface area contributed by atoms with E-state index >= 15 is 0 Å². The number of nitrogens with two attached hydrogens (primary N) is 1. The van der Waals surface area contributed by atoms with Gasteiger partial charge in [-0.3, -0.25) is 29.3 Å². The Hall–Kier alpha value is -3.82. The fourth-order valence-corrected chi connectivity index (χ4v) is 5.79. The molecule has 0 aliphatic carbocycles. The average molecular weight is 590 g/mol. The van der Waals surface area contributed by atoms with Crippen molar-refractivity contribution < 1.29 is 19.1 Å². The Bertz CT molecular complexity index is 1310. The maximum atomic E-state index is 12.5. The molecule has 2 fully saturated rings. The number of hydrogen-bond acceptors (Lipinski definition) is 8. The fourth-order valence-electron chi connectivity index (χ4n) is 5.79. The molecule has 0 radical (unpaired) electrons. The van der Waals surface area contributed by atoms with Gasteiger partial charge in [0.1, 0.15) is 11.9 Å². The number of nitrogens with zero attached hydrogens (tertiary/aromatic N) is 3. The van der Waals surface area contributed by atoms with Crippen LogP contribution in [0.2, 0.25) is 0 Å². The Balaban J connectivity index is 0.000000231. The summed E-state index contributed by atoms with van der Waals surface area (Å²) in [6.45, 7) is 6.77. The van der Waals surface area contributed by atoms with Gasteiger partial charge in [0.2, 0.25) is 0 Å². The zero-order valence-electron chi connectivity index (χ0n) is 24.9. The normalized spacial score (nSPS) is 22.4. The summed E-state index contributed by atoms with van der Waals surface area (Å²) in [6, 6.07) is 20.4. The molecule has 232 valence electrons. The predicted molar refractivity (Wildman–Crippen MR) is 170 cm³/mol. The molecule has 4 unspecified atom stereocenters. The third-order valence-corrected chi connectivity index (χ3v) is 8.29. The van der Waals surface area contributed by atoms with Crippen molar-refractivity contribution in [2.45, 2.75) is 59.0 Å². The van der Waals surface area contributed by atoms with Crippen molar-refractivity contribution in [1.29, 1.82) is 0 Å². The van der Waals surface area contributed by atoms with Gasteiger partial charge in [-0.1, -0.05) is 81.9 Å². The molecule has 2 aliphatic heterocycles. The van der Waals surface area contributed by atoms with Crippen LogP contribution in [0.1, 0.15) is 79.4 Å². The number of ether oxygens (including phenoxy) is 1. The van der Waals surface area contributed by atoms with E-state index < -0.39 is 0 Å². The van der Waals surface area contributed by atoms with Crippen molar-refractivity contribution in [2.24, 2.45) is 11.8 Å². The van der Waals surface area contributed by atoms with E-state index in [-0.39, 0.29) is 43.6 Å². The number of ketones is 2. The SMILES string of the molecule is C.CC1CCN(CC(=O)c2ccccc2)C(c2cc(N)n[nH]2)C1.COC(=O)C1CC(C)CCN1CC(=O)c1ccccc1. The smallest absolute Gasteiger partial charge is 0.323 e. The van der Waals surface area contributed by atoms with E-state index in [0.29, 0.717) is 29.8 Å². The number of benzene rings is 2. The van der Waals surface area contributed by atoms with Crippen LogP contribution >= 0.6 is 0 Å². The molecule has 0 bridgehead atoms. The largest absolute Gasteiger partial charge is 0.468 e. The fraction of sp³-hybridized carbons (Fsp3) is 0.471. The number of likely N-dealkylation sites (tertiary alicyclic amines) is 2. The van der Waals surface area contributed by atoms with Gasteiger partial charge in [0.15, 0.2) is 11.6 Å². The summed E-state index contributed by atoms with van der Waals surface area (Å²) in [5.41, 5.74) is 8.19. The van der Waals surface area contributed by atoms with Crippen LogP contribution in [0, 0.1) is 11.8 Å². The molecule has 0 amide bonds. The van der Waals surface area contributed by atoms with Gasteiger partial charge < -0.3 is 10.5 Å². The predicted octanol–water partition coefficient (Wildman–Crippen LogP) is 5.43. The number of H-pyrrole nitrogens is 1. The summed E-state index contributed by atoms with van der Waals surface area (Å²) in [5.74, 6) is 1.60. The van der Waals surface area contributed by atoms with Crippen molar-refractivity contribution in [3.63, 3.8) is 0 Å². The number of carbonyl (C=O) groups excluding carboxylic acids is 3. The van der Waals surface area contributed by atoms with Gasteiger partial charge in [-0.25, -0.2) is 0 Å². The molecule has 3 N–H and O–H groups in total. The number of aromatic amines is 1. The van der Waals surface area contributed by atoms with Crippen LogP contribution in [0.5, 0.6) is 0 Å². The van der Waals surface area contributed by atoms with E-state index in [1.54, 1.807) is 0 Å². The van der Waals surface area contributed by atoms with Gasteiger partial charge >= 0.3 is 5.97 Å². The first-order valence-electron chi connectivity index (χ1n) is 14.8. The highest BCUT2D eigenvalue weighted by Crippen LogP contribution is 2.33. The first-order valence-corrected chi connectivity index (χ1v) is 14.8. The molecule has 43 heavy (non-hydrogen) atoms. The highest BCUT2D eigenvalue weighted by molar-refractivity contribution is 5.98. The van der Waals surface area contributed by atoms with E-state index in [1.807, 2.05) is 71.6 Å². The number of hydrogen-bond donors (Lipinski definition) is 2. The third-order valence-electron chi connectivity index (χ3n) is 8.29. The maximum Gasteiger partial charge on any atom is 0.323 e. The van der Waals surface area contributed by atoms with Gasteiger partial charge in [-0.15, -0.1) is 0 Å². The van der Waals surface area contributed by atoms with Crippen LogP contribution in [-0.4, -0.2) is 76.9 Å². The Morgan fingerprint density at radius 3 is 1.88 bits per heavy atom. The summed E-state index contributed by atoms with van der Waals surface area (Å²) in [6.07, 6.45) is 3.90. The van der Waals surface area contributed by atoms with E-state index in [4.69, 9.17) is 10.5 Å². The highest BCUT2D eigenvalue weighted by atomic mass is 16.5. The minimum atomic E-state index is -0.295. The number of nitrogen functional groups attached to an aromatic ring is 1. The van der Waals surface area contributed by atoms with Gasteiger partial charge in [0.05, 0.1) is 31.9 Å². The van der Waals surface area contributed by atoms with E-state index in [0.717, 1.165) is 50.0 Å². The van der Waals surface area contributed by atoms with Gasteiger partial charge in [-0.2, -0.15) is 5.10 Å². The summed E-state index contributed by atoms with van der Waals surface area (Å²) in [4.78, 5) is 40.8. The van der Waals surface area contributed by atoms with Crippen LogP contribution in [0.3, 0.4) is 0 Å².